The zero-order valence-corrected chi connectivity index (χ0v) is 10.9. The number of methoxy groups -OCH3 is 1. The number of nitrogens with zero attached hydrogens (tertiary/aromatic N) is 1. The average Bonchev–Trinajstić information content (AvgIpc) is 2.42. The van der Waals surface area contributed by atoms with Gasteiger partial charge in [-0.05, 0) is 6.07 Å². The van der Waals surface area contributed by atoms with Crippen LogP contribution in [-0.2, 0) is 9.47 Å². The van der Waals surface area contributed by atoms with Gasteiger partial charge < -0.3 is 14.8 Å². The number of hydrogen-bond acceptors (Lipinski definition) is 5. The van der Waals surface area contributed by atoms with Gasteiger partial charge in [-0.15, -0.1) is 0 Å². The number of rotatable bonds is 8. The molecule has 0 heterocycles. The van der Waals surface area contributed by atoms with E-state index in [-0.39, 0.29) is 24.4 Å². The van der Waals surface area contributed by atoms with Gasteiger partial charge >= 0.3 is 0 Å². The summed E-state index contributed by atoms with van der Waals surface area (Å²) >= 11 is 0. The van der Waals surface area contributed by atoms with Gasteiger partial charge in [-0.1, -0.05) is 0 Å². The molecule has 0 saturated carbocycles. The van der Waals surface area contributed by atoms with E-state index < -0.39 is 16.6 Å². The molecule has 0 saturated heterocycles. The summed E-state index contributed by atoms with van der Waals surface area (Å²) in [6.45, 7) is 1.24. The van der Waals surface area contributed by atoms with Crippen LogP contribution in [0.4, 0.5) is 10.1 Å². The number of nitro benzene ring substituents is 1. The number of hydrogen-bond donors (Lipinski definition) is 1. The SMILES string of the molecule is COCCOCCNC(=O)c1cc([N+](=O)[O-])ccc1F. The Morgan fingerprint density at radius 3 is 2.80 bits per heavy atom. The van der Waals surface area contributed by atoms with Crippen molar-refractivity contribution in [2.24, 2.45) is 0 Å². The summed E-state index contributed by atoms with van der Waals surface area (Å²) in [5.74, 6) is -1.53. The molecule has 1 aromatic rings. The number of nitro groups is 1. The summed E-state index contributed by atoms with van der Waals surface area (Å²) < 4.78 is 23.3. The van der Waals surface area contributed by atoms with Gasteiger partial charge in [0.05, 0.1) is 30.3 Å². The molecule has 1 aromatic carbocycles. The van der Waals surface area contributed by atoms with Crippen molar-refractivity contribution in [2.75, 3.05) is 33.5 Å². The van der Waals surface area contributed by atoms with E-state index in [0.717, 1.165) is 18.2 Å². The summed E-state index contributed by atoms with van der Waals surface area (Å²) in [4.78, 5) is 21.6. The fourth-order valence-corrected chi connectivity index (χ4v) is 1.38. The van der Waals surface area contributed by atoms with Crippen LogP contribution in [-0.4, -0.2) is 44.3 Å². The van der Waals surface area contributed by atoms with Gasteiger partial charge in [-0.3, -0.25) is 14.9 Å². The van der Waals surface area contributed by atoms with Crippen LogP contribution in [0.25, 0.3) is 0 Å². The Balaban J connectivity index is 2.50. The van der Waals surface area contributed by atoms with Gasteiger partial charge in [0, 0.05) is 25.8 Å². The summed E-state index contributed by atoms with van der Waals surface area (Å²) in [6, 6.07) is 2.79. The van der Waals surface area contributed by atoms with E-state index in [1.807, 2.05) is 0 Å². The Labute approximate surface area is 114 Å². The molecule has 0 fully saturated rings. The number of halogens is 1. The summed E-state index contributed by atoms with van der Waals surface area (Å²) in [5.41, 5.74) is -0.705. The molecule has 1 N–H and O–H groups in total. The fourth-order valence-electron chi connectivity index (χ4n) is 1.38. The minimum Gasteiger partial charge on any atom is -0.382 e. The second-order valence-electron chi connectivity index (χ2n) is 3.78. The molecule has 20 heavy (non-hydrogen) atoms. The summed E-state index contributed by atoms with van der Waals surface area (Å²) in [6.07, 6.45) is 0. The Kier molecular flexibility index (Phi) is 6.54. The molecule has 0 spiro atoms. The standard InChI is InChI=1S/C12H15FN2O5/c1-19-6-7-20-5-4-14-12(16)10-8-9(15(17)18)2-3-11(10)13/h2-3,8H,4-7H2,1H3,(H,14,16). The zero-order chi connectivity index (χ0) is 15.0. The van der Waals surface area contributed by atoms with Crippen molar-refractivity contribution in [3.8, 4) is 0 Å². The second-order valence-corrected chi connectivity index (χ2v) is 3.78. The van der Waals surface area contributed by atoms with Crippen LogP contribution in [0, 0.1) is 15.9 Å². The van der Waals surface area contributed by atoms with Gasteiger partial charge in [0.15, 0.2) is 0 Å². The molecule has 0 atom stereocenters. The monoisotopic (exact) mass is 286 g/mol. The van der Waals surface area contributed by atoms with Gasteiger partial charge in [0.1, 0.15) is 5.82 Å². The minimum absolute atomic E-state index is 0.171. The van der Waals surface area contributed by atoms with Crippen molar-refractivity contribution < 1.29 is 23.6 Å². The predicted molar refractivity (Wildman–Crippen MR) is 68.1 cm³/mol. The number of nitrogens with one attached hydrogen (secondary N) is 1. The molecular weight excluding hydrogens is 271 g/mol. The highest BCUT2D eigenvalue weighted by molar-refractivity contribution is 5.95. The van der Waals surface area contributed by atoms with Crippen molar-refractivity contribution in [2.45, 2.75) is 0 Å². The number of carbonyl (C=O) groups is 1. The summed E-state index contributed by atoms with van der Waals surface area (Å²) in [5, 5.41) is 13.0. The number of carbonyl (C=O) groups excluding carboxylic acids is 1. The lowest BCUT2D eigenvalue weighted by molar-refractivity contribution is -0.384. The van der Waals surface area contributed by atoms with Gasteiger partial charge in [-0.25, -0.2) is 4.39 Å². The van der Waals surface area contributed by atoms with Crippen LogP contribution in [0.3, 0.4) is 0 Å². The maximum Gasteiger partial charge on any atom is 0.270 e. The predicted octanol–water partition coefficient (Wildman–Crippen LogP) is 1.13. The number of amides is 1. The highest BCUT2D eigenvalue weighted by Gasteiger charge is 2.16. The Morgan fingerprint density at radius 1 is 1.40 bits per heavy atom. The van der Waals surface area contributed by atoms with Crippen LogP contribution in [0.5, 0.6) is 0 Å². The molecule has 0 aliphatic carbocycles. The molecular formula is C12H15FN2O5. The first-order valence-corrected chi connectivity index (χ1v) is 5.85. The minimum atomic E-state index is -0.812. The maximum absolute atomic E-state index is 13.4. The maximum atomic E-state index is 13.4. The molecule has 0 aliphatic heterocycles. The Hall–Kier alpha value is -2.06. The van der Waals surface area contributed by atoms with E-state index in [1.54, 1.807) is 0 Å². The molecule has 0 unspecified atom stereocenters. The third-order valence-corrected chi connectivity index (χ3v) is 2.37. The molecule has 110 valence electrons. The van der Waals surface area contributed by atoms with E-state index in [0.29, 0.717) is 13.2 Å². The first-order chi connectivity index (χ1) is 9.56. The van der Waals surface area contributed by atoms with Crippen LogP contribution in [0.1, 0.15) is 10.4 Å². The number of ether oxygens (including phenoxy) is 2. The smallest absolute Gasteiger partial charge is 0.270 e. The van der Waals surface area contributed by atoms with Crippen LogP contribution >= 0.6 is 0 Å². The highest BCUT2D eigenvalue weighted by atomic mass is 19.1. The molecule has 1 rings (SSSR count). The normalized spacial score (nSPS) is 10.3. The molecule has 7 nitrogen and oxygen atoms in total. The largest absolute Gasteiger partial charge is 0.382 e. The molecule has 8 heteroatoms. The van der Waals surface area contributed by atoms with Gasteiger partial charge in [0.2, 0.25) is 0 Å². The van der Waals surface area contributed by atoms with E-state index in [4.69, 9.17) is 9.47 Å². The average molecular weight is 286 g/mol. The number of non-ortho nitro benzene ring substituents is 1. The second kappa shape index (κ2) is 8.18. The number of benzene rings is 1. The third kappa shape index (κ3) is 4.90. The fraction of sp³-hybridized carbons (Fsp3) is 0.417. The van der Waals surface area contributed by atoms with Crippen molar-refractivity contribution in [1.29, 1.82) is 0 Å². The highest BCUT2D eigenvalue weighted by Crippen LogP contribution is 2.16. The first-order valence-electron chi connectivity index (χ1n) is 5.85. The van der Waals surface area contributed by atoms with Crippen molar-refractivity contribution in [1.82, 2.24) is 5.32 Å². The molecule has 0 aromatic heterocycles. The van der Waals surface area contributed by atoms with Crippen molar-refractivity contribution >= 4 is 11.6 Å². The molecule has 1 amide bonds. The Bertz CT molecular complexity index is 481. The van der Waals surface area contributed by atoms with E-state index >= 15 is 0 Å². The lowest BCUT2D eigenvalue weighted by Gasteiger charge is -2.07. The first kappa shape index (κ1) is 16.0. The molecule has 0 radical (unpaired) electrons. The van der Waals surface area contributed by atoms with E-state index in [1.165, 1.54) is 7.11 Å². The Morgan fingerprint density at radius 2 is 2.15 bits per heavy atom. The summed E-state index contributed by atoms with van der Waals surface area (Å²) in [7, 11) is 1.54. The van der Waals surface area contributed by atoms with Crippen LogP contribution in [0.2, 0.25) is 0 Å². The van der Waals surface area contributed by atoms with Crippen molar-refractivity contribution in [3.05, 3.63) is 39.7 Å². The topological polar surface area (TPSA) is 90.7 Å². The third-order valence-electron chi connectivity index (χ3n) is 2.37. The van der Waals surface area contributed by atoms with E-state index in [2.05, 4.69) is 5.32 Å². The quantitative estimate of drug-likeness (QED) is 0.439. The van der Waals surface area contributed by atoms with Gasteiger partial charge in [0.25, 0.3) is 11.6 Å². The molecule has 0 bridgehead atoms. The van der Waals surface area contributed by atoms with Crippen LogP contribution < -0.4 is 5.32 Å². The van der Waals surface area contributed by atoms with E-state index in [9.17, 15) is 19.3 Å². The van der Waals surface area contributed by atoms with Crippen molar-refractivity contribution in [3.63, 3.8) is 0 Å². The van der Waals surface area contributed by atoms with Gasteiger partial charge in [-0.2, -0.15) is 0 Å². The van der Waals surface area contributed by atoms with Crippen LogP contribution in [0.15, 0.2) is 18.2 Å². The lowest BCUT2D eigenvalue weighted by atomic mass is 10.1. The lowest BCUT2D eigenvalue weighted by Crippen LogP contribution is -2.28. The molecule has 0 aliphatic rings. The zero-order valence-electron chi connectivity index (χ0n) is 10.9.